The molecule has 0 saturated carbocycles. The smallest absolute Gasteiger partial charge is 0.00128 e. The van der Waals surface area contributed by atoms with Crippen molar-refractivity contribution in [2.24, 2.45) is 11.5 Å². The van der Waals surface area contributed by atoms with Crippen LogP contribution < -0.4 is 11.5 Å². The second-order valence-corrected chi connectivity index (χ2v) is 2.35. The molecule has 0 fully saturated rings. The van der Waals surface area contributed by atoms with E-state index in [1.165, 1.54) is 0 Å². The van der Waals surface area contributed by atoms with Crippen molar-refractivity contribution in [3.63, 3.8) is 0 Å². The van der Waals surface area contributed by atoms with E-state index in [2.05, 4.69) is 19.0 Å². The third-order valence-electron chi connectivity index (χ3n) is 0.809. The van der Waals surface area contributed by atoms with Crippen LogP contribution in [0.2, 0.25) is 0 Å². The second kappa shape index (κ2) is 11.6. The van der Waals surface area contributed by atoms with Gasteiger partial charge in [-0.15, -0.1) is 0 Å². The quantitative estimate of drug-likeness (QED) is 0.584. The molecule has 4 N–H and O–H groups in total. The molecule has 0 aliphatic carbocycles. The zero-order chi connectivity index (χ0) is 8.41. The fourth-order valence-electron chi connectivity index (χ4n) is 0.408. The summed E-state index contributed by atoms with van der Waals surface area (Å²) in [7, 11) is 4.10. The van der Waals surface area contributed by atoms with E-state index in [1.807, 2.05) is 6.92 Å². The van der Waals surface area contributed by atoms with E-state index < -0.39 is 0 Å². The summed E-state index contributed by atoms with van der Waals surface area (Å²) in [6, 6.07) is 0. The number of nitrogens with zero attached hydrogens (tertiary/aromatic N) is 1. The molecule has 0 rings (SSSR count). The van der Waals surface area contributed by atoms with Crippen molar-refractivity contribution in [3.05, 3.63) is 0 Å². The van der Waals surface area contributed by atoms with Crippen LogP contribution >= 0.6 is 0 Å². The molecule has 0 aliphatic heterocycles. The molecule has 0 atom stereocenters. The highest BCUT2D eigenvalue weighted by molar-refractivity contribution is 4.42. The summed E-state index contributed by atoms with van der Waals surface area (Å²) in [4.78, 5) is 2.13. The molecule has 0 unspecified atom stereocenters. The molecule has 0 aliphatic rings. The first kappa shape index (κ1) is 12.5. The van der Waals surface area contributed by atoms with Crippen molar-refractivity contribution in [2.45, 2.75) is 13.3 Å². The Labute approximate surface area is 64.4 Å². The van der Waals surface area contributed by atoms with Gasteiger partial charge >= 0.3 is 0 Å². The van der Waals surface area contributed by atoms with E-state index in [-0.39, 0.29) is 0 Å². The topological polar surface area (TPSA) is 55.3 Å². The molecule has 0 spiro atoms. The molecule has 3 heteroatoms. The van der Waals surface area contributed by atoms with Crippen molar-refractivity contribution in [1.29, 1.82) is 0 Å². The molecule has 0 heterocycles. The van der Waals surface area contributed by atoms with Crippen LogP contribution in [0, 0.1) is 0 Å². The summed E-state index contributed by atoms with van der Waals surface area (Å²) in [5, 5.41) is 0. The Balaban J connectivity index is 0. The highest BCUT2D eigenvalue weighted by atomic mass is 15.0. The summed E-state index contributed by atoms with van der Waals surface area (Å²) >= 11 is 0. The maximum absolute atomic E-state index is 5.25. The predicted octanol–water partition coefficient (Wildman–Crippen LogP) is -0.138. The van der Waals surface area contributed by atoms with Crippen molar-refractivity contribution >= 4 is 0 Å². The Morgan fingerprint density at radius 1 is 1.20 bits per heavy atom. The van der Waals surface area contributed by atoms with Crippen LogP contribution in [0.15, 0.2) is 0 Å². The van der Waals surface area contributed by atoms with Crippen LogP contribution in [0.4, 0.5) is 0 Å². The van der Waals surface area contributed by atoms with Crippen molar-refractivity contribution in [1.82, 2.24) is 4.90 Å². The third-order valence-corrected chi connectivity index (χ3v) is 0.809. The van der Waals surface area contributed by atoms with Crippen LogP contribution in [0.5, 0.6) is 0 Å². The molecule has 0 saturated heterocycles. The van der Waals surface area contributed by atoms with Crippen molar-refractivity contribution in [2.75, 3.05) is 33.7 Å². The summed E-state index contributed by atoms with van der Waals surface area (Å²) in [6.45, 7) is 4.56. The number of rotatable bonds is 3. The minimum absolute atomic E-state index is 0.750. The first-order valence-corrected chi connectivity index (χ1v) is 3.73. The Kier molecular flexibility index (Phi) is 14.6. The lowest BCUT2D eigenvalue weighted by Crippen LogP contribution is -2.16. The standard InChI is InChI=1S/C5H14N2.C2H7N/c1-7(2)5-3-4-6;1-2-3/h3-6H2,1-2H3;2-3H2,1H3. The van der Waals surface area contributed by atoms with E-state index in [4.69, 9.17) is 11.5 Å². The van der Waals surface area contributed by atoms with Gasteiger partial charge in [-0.25, -0.2) is 0 Å². The van der Waals surface area contributed by atoms with Gasteiger partial charge in [0.15, 0.2) is 0 Å². The monoisotopic (exact) mass is 147 g/mol. The first-order valence-electron chi connectivity index (χ1n) is 3.73. The molecule has 0 bridgehead atoms. The Hall–Kier alpha value is -0.120. The lowest BCUT2D eigenvalue weighted by Gasteiger charge is -2.05. The van der Waals surface area contributed by atoms with Gasteiger partial charge < -0.3 is 16.4 Å². The molecule has 64 valence electrons. The van der Waals surface area contributed by atoms with Crippen molar-refractivity contribution < 1.29 is 0 Å². The van der Waals surface area contributed by atoms with Gasteiger partial charge in [0.2, 0.25) is 0 Å². The Bertz CT molecular complexity index is 46.1. The minimum atomic E-state index is 0.750. The van der Waals surface area contributed by atoms with Gasteiger partial charge in [0.05, 0.1) is 0 Å². The fraction of sp³-hybridized carbons (Fsp3) is 1.00. The van der Waals surface area contributed by atoms with Gasteiger partial charge in [0.1, 0.15) is 0 Å². The van der Waals surface area contributed by atoms with Crippen LogP contribution in [-0.4, -0.2) is 38.6 Å². The fourth-order valence-corrected chi connectivity index (χ4v) is 0.408. The number of hydrogen-bond donors (Lipinski definition) is 2. The predicted molar refractivity (Wildman–Crippen MR) is 47.0 cm³/mol. The van der Waals surface area contributed by atoms with Crippen LogP contribution in [0.3, 0.4) is 0 Å². The van der Waals surface area contributed by atoms with Gasteiger partial charge in [-0.3, -0.25) is 0 Å². The zero-order valence-corrected chi connectivity index (χ0v) is 7.43. The summed E-state index contributed by atoms with van der Waals surface area (Å²) < 4.78 is 0. The molecule has 3 nitrogen and oxygen atoms in total. The van der Waals surface area contributed by atoms with Gasteiger partial charge in [0, 0.05) is 0 Å². The summed E-state index contributed by atoms with van der Waals surface area (Å²) in [5.74, 6) is 0. The van der Waals surface area contributed by atoms with E-state index in [0.29, 0.717) is 0 Å². The zero-order valence-electron chi connectivity index (χ0n) is 7.43. The van der Waals surface area contributed by atoms with Gasteiger partial charge in [-0.1, -0.05) is 6.92 Å². The van der Waals surface area contributed by atoms with Crippen LogP contribution in [0.1, 0.15) is 13.3 Å². The second-order valence-electron chi connectivity index (χ2n) is 2.35. The van der Waals surface area contributed by atoms with Gasteiger partial charge in [-0.05, 0) is 40.2 Å². The minimum Gasteiger partial charge on any atom is -0.331 e. The molecular formula is C7H21N3. The van der Waals surface area contributed by atoms with Crippen LogP contribution in [-0.2, 0) is 0 Å². The molecule has 0 radical (unpaired) electrons. The van der Waals surface area contributed by atoms with Gasteiger partial charge in [0.25, 0.3) is 0 Å². The van der Waals surface area contributed by atoms with E-state index in [9.17, 15) is 0 Å². The molecule has 10 heavy (non-hydrogen) atoms. The molecule has 0 aromatic rings. The molecule has 0 aromatic carbocycles. The Morgan fingerprint density at radius 3 is 1.70 bits per heavy atom. The molecule has 0 amide bonds. The first-order chi connectivity index (χ1) is 4.68. The average molecular weight is 147 g/mol. The summed E-state index contributed by atoms with van der Waals surface area (Å²) in [5.41, 5.74) is 10.1. The largest absolute Gasteiger partial charge is 0.331 e. The average Bonchev–Trinajstić information content (AvgIpc) is 1.85. The highest BCUT2D eigenvalue weighted by Crippen LogP contribution is 1.76. The van der Waals surface area contributed by atoms with E-state index in [1.54, 1.807) is 0 Å². The maximum atomic E-state index is 5.25. The van der Waals surface area contributed by atoms with Gasteiger partial charge in [-0.2, -0.15) is 0 Å². The van der Waals surface area contributed by atoms with E-state index >= 15 is 0 Å². The number of hydrogen-bond acceptors (Lipinski definition) is 3. The maximum Gasteiger partial charge on any atom is -0.00128 e. The number of nitrogens with two attached hydrogens (primary N) is 2. The van der Waals surface area contributed by atoms with E-state index in [0.717, 1.165) is 26.1 Å². The lowest BCUT2D eigenvalue weighted by atomic mass is 10.4. The Morgan fingerprint density at radius 2 is 1.60 bits per heavy atom. The molecular weight excluding hydrogens is 126 g/mol. The van der Waals surface area contributed by atoms with Crippen molar-refractivity contribution in [3.8, 4) is 0 Å². The molecule has 0 aromatic heterocycles. The third kappa shape index (κ3) is 24.8. The summed E-state index contributed by atoms with van der Waals surface area (Å²) in [6.07, 6.45) is 1.10. The SMILES string of the molecule is CCN.CN(C)CCCN. The normalized spacial score (nSPS) is 9.00. The highest BCUT2D eigenvalue weighted by Gasteiger charge is 1.83. The lowest BCUT2D eigenvalue weighted by molar-refractivity contribution is 0.403. The van der Waals surface area contributed by atoms with Crippen LogP contribution in [0.25, 0.3) is 0 Å².